The smallest absolute Gasteiger partial charge is 0.278 e. The molecule has 2 aliphatic heterocycles. The molecule has 2 aliphatic rings. The first-order valence-corrected chi connectivity index (χ1v) is 15.2. The molecule has 0 aliphatic carbocycles. The van der Waals surface area contributed by atoms with Crippen LogP contribution >= 0.6 is 0 Å². The first kappa shape index (κ1) is 27.2. The monoisotopic (exact) mass is 576 g/mol. The molecular weight excluding hydrogens is 540 g/mol. The normalized spacial score (nSPS) is 15.9. The van der Waals surface area contributed by atoms with Gasteiger partial charge >= 0.3 is 0 Å². The zero-order valence-corrected chi connectivity index (χ0v) is 24.4. The number of nitrogens with zero attached hydrogens (tertiary/aromatic N) is 7. The van der Waals surface area contributed by atoms with Crippen LogP contribution in [-0.2, 0) is 17.9 Å². The minimum atomic E-state index is -0.159. The van der Waals surface area contributed by atoms with E-state index >= 15 is 0 Å². The lowest BCUT2D eigenvalue weighted by Gasteiger charge is -2.22. The molecule has 43 heavy (non-hydrogen) atoms. The van der Waals surface area contributed by atoms with Gasteiger partial charge in [0.25, 0.3) is 5.56 Å². The summed E-state index contributed by atoms with van der Waals surface area (Å²) in [5, 5.41) is 4.94. The highest BCUT2D eigenvalue weighted by molar-refractivity contribution is 5.92. The maximum Gasteiger partial charge on any atom is 0.278 e. The van der Waals surface area contributed by atoms with E-state index in [1.807, 2.05) is 41.1 Å². The molecule has 1 fully saturated rings. The maximum atomic E-state index is 13.6. The van der Waals surface area contributed by atoms with Gasteiger partial charge in [-0.25, -0.2) is 14.3 Å². The van der Waals surface area contributed by atoms with Crippen LogP contribution in [0.25, 0.3) is 27.6 Å². The van der Waals surface area contributed by atoms with Crippen molar-refractivity contribution in [3.05, 3.63) is 83.4 Å². The first-order chi connectivity index (χ1) is 21.0. The second kappa shape index (κ2) is 11.5. The van der Waals surface area contributed by atoms with Gasteiger partial charge in [-0.1, -0.05) is 18.2 Å². The van der Waals surface area contributed by atoms with Gasteiger partial charge < -0.3 is 19.7 Å². The van der Waals surface area contributed by atoms with Crippen LogP contribution in [0.2, 0.25) is 0 Å². The van der Waals surface area contributed by atoms with E-state index in [1.165, 1.54) is 31.4 Å². The van der Waals surface area contributed by atoms with E-state index in [4.69, 9.17) is 4.98 Å². The third-order valence-electron chi connectivity index (χ3n) is 8.52. The molecule has 2 aromatic carbocycles. The molecule has 2 bridgehead atoms. The summed E-state index contributed by atoms with van der Waals surface area (Å²) in [5.74, 6) is 0.394. The van der Waals surface area contributed by atoms with Crippen molar-refractivity contribution in [1.29, 1.82) is 0 Å². The number of likely N-dealkylation sites (tertiary alicyclic amines) is 1. The summed E-state index contributed by atoms with van der Waals surface area (Å²) in [6, 6.07) is 16.2. The molecule has 0 saturated carbocycles. The molecule has 0 atom stereocenters. The van der Waals surface area contributed by atoms with E-state index < -0.39 is 0 Å². The Bertz CT molecular complexity index is 1890. The van der Waals surface area contributed by atoms with Gasteiger partial charge in [0.1, 0.15) is 5.39 Å². The Balaban J connectivity index is 1.23. The molecule has 1 saturated heterocycles. The average molecular weight is 577 g/mol. The van der Waals surface area contributed by atoms with Crippen molar-refractivity contribution < 1.29 is 4.79 Å². The lowest BCUT2D eigenvalue weighted by Crippen LogP contribution is -2.30. The lowest BCUT2D eigenvalue weighted by atomic mass is 10.2. The quantitative estimate of drug-likeness (QED) is 0.294. The van der Waals surface area contributed by atoms with Crippen LogP contribution in [0.4, 0.5) is 17.3 Å². The third-order valence-corrected chi connectivity index (χ3v) is 8.52. The second-order valence-corrected chi connectivity index (χ2v) is 11.4. The number of hydrogen-bond donors (Lipinski definition) is 1. The fourth-order valence-corrected chi connectivity index (χ4v) is 6.29. The number of benzene rings is 2. The van der Waals surface area contributed by atoms with Crippen LogP contribution in [0.15, 0.2) is 77.9 Å². The highest BCUT2D eigenvalue weighted by Crippen LogP contribution is 2.26. The number of anilines is 3. The summed E-state index contributed by atoms with van der Waals surface area (Å²) in [6.45, 7) is 7.08. The summed E-state index contributed by atoms with van der Waals surface area (Å²) in [5.41, 5.74) is 3.98. The number of allylic oxidation sites excluding steroid dienone is 2. The van der Waals surface area contributed by atoms with Crippen molar-refractivity contribution in [2.75, 3.05) is 36.4 Å². The summed E-state index contributed by atoms with van der Waals surface area (Å²) in [4.78, 5) is 39.7. The number of rotatable bonds is 5. The van der Waals surface area contributed by atoms with Gasteiger partial charge in [0, 0.05) is 61.2 Å². The van der Waals surface area contributed by atoms with Crippen LogP contribution in [0.5, 0.6) is 0 Å². The molecule has 5 heterocycles. The molecule has 0 spiro atoms. The van der Waals surface area contributed by atoms with Gasteiger partial charge in [-0.3, -0.25) is 9.59 Å². The highest BCUT2D eigenvalue weighted by atomic mass is 16.2. The second-order valence-electron chi connectivity index (χ2n) is 11.4. The molecule has 0 radical (unpaired) electrons. The highest BCUT2D eigenvalue weighted by Gasteiger charge is 2.19. The topological polar surface area (TPSA) is 93.2 Å². The molecule has 3 aromatic heterocycles. The number of nitrogens with one attached hydrogen (secondary N) is 1. The van der Waals surface area contributed by atoms with Crippen molar-refractivity contribution in [1.82, 2.24) is 28.8 Å². The zero-order chi connectivity index (χ0) is 29.3. The Morgan fingerprint density at radius 3 is 2.67 bits per heavy atom. The minimum Gasteiger partial charge on any atom is -0.346 e. The van der Waals surface area contributed by atoms with E-state index in [-0.39, 0.29) is 11.5 Å². The van der Waals surface area contributed by atoms with Gasteiger partial charge in [-0.15, -0.1) is 0 Å². The van der Waals surface area contributed by atoms with Crippen LogP contribution in [0.1, 0.15) is 32.6 Å². The van der Waals surface area contributed by atoms with Gasteiger partial charge in [0.05, 0.1) is 12.2 Å². The van der Waals surface area contributed by atoms with E-state index in [2.05, 4.69) is 50.2 Å². The van der Waals surface area contributed by atoms with Crippen molar-refractivity contribution in [3.8, 4) is 5.69 Å². The van der Waals surface area contributed by atoms with Crippen molar-refractivity contribution in [2.45, 2.75) is 45.7 Å². The Labute approximate surface area is 249 Å². The fraction of sp³-hybridized carbons (Fsp3) is 0.333. The lowest BCUT2D eigenvalue weighted by molar-refractivity contribution is -0.116. The van der Waals surface area contributed by atoms with E-state index in [0.717, 1.165) is 48.4 Å². The number of fused-ring (bicyclic) bond motifs is 7. The van der Waals surface area contributed by atoms with Crippen molar-refractivity contribution in [2.24, 2.45) is 0 Å². The van der Waals surface area contributed by atoms with E-state index in [1.54, 1.807) is 22.7 Å². The zero-order valence-electron chi connectivity index (χ0n) is 24.4. The first-order valence-electron chi connectivity index (χ1n) is 15.2. The largest absolute Gasteiger partial charge is 0.346 e. The number of aromatic nitrogens is 5. The number of carbonyl (C=O) groups is 1. The maximum absolute atomic E-state index is 13.6. The Kier molecular flexibility index (Phi) is 7.28. The van der Waals surface area contributed by atoms with Gasteiger partial charge in [0.2, 0.25) is 11.9 Å². The Hall–Kier alpha value is -4.70. The molecular formula is C33H36N8O2. The summed E-state index contributed by atoms with van der Waals surface area (Å²) < 4.78 is 5.83. The fourth-order valence-electron chi connectivity index (χ4n) is 6.29. The van der Waals surface area contributed by atoms with Crippen molar-refractivity contribution >= 4 is 45.2 Å². The molecule has 1 N–H and O–H groups in total. The SMILES string of the molecule is CC(=O)N1CCCC=CCn2c(=O)c3cnc(Nc4ccc5c(ccn5CCN5CCCC5)c4)nc3n2-c2cccc1c2. The number of carbonyl (C=O) groups excluding carboxylic acids is 1. The van der Waals surface area contributed by atoms with Crippen LogP contribution in [0, 0.1) is 0 Å². The number of amides is 1. The van der Waals surface area contributed by atoms with Crippen LogP contribution in [-0.4, -0.2) is 60.9 Å². The Morgan fingerprint density at radius 1 is 0.953 bits per heavy atom. The predicted molar refractivity (Wildman–Crippen MR) is 170 cm³/mol. The van der Waals surface area contributed by atoms with Gasteiger partial charge in [-0.2, -0.15) is 4.98 Å². The van der Waals surface area contributed by atoms with Gasteiger partial charge in [0.15, 0.2) is 5.65 Å². The molecule has 5 aromatic rings. The van der Waals surface area contributed by atoms with Crippen molar-refractivity contribution in [3.63, 3.8) is 0 Å². The predicted octanol–water partition coefficient (Wildman–Crippen LogP) is 5.08. The summed E-state index contributed by atoms with van der Waals surface area (Å²) in [7, 11) is 0. The van der Waals surface area contributed by atoms with Gasteiger partial charge in [-0.05, 0) is 81.2 Å². The standard InChI is InChI=1S/C33H36N8O2/c1-24(42)39-16-4-2-3-5-17-40-32(43)29-23-34-33(36-31(29)41(40)28-10-8-9-27(39)22-28)35-26-11-12-30-25(21-26)13-18-38(30)20-19-37-14-6-7-15-37/h3,5,8-13,18,21-23H,2,4,6-7,14-17,19-20H2,1H3,(H,34,35,36). The molecule has 10 nitrogen and oxygen atoms in total. The van der Waals surface area contributed by atoms with Crippen LogP contribution in [0.3, 0.4) is 0 Å². The number of hydrogen-bond acceptors (Lipinski definition) is 6. The molecule has 1 amide bonds. The molecule has 7 rings (SSSR count). The van der Waals surface area contributed by atoms with Crippen LogP contribution < -0.4 is 15.8 Å². The van der Waals surface area contributed by atoms with E-state index in [9.17, 15) is 9.59 Å². The van der Waals surface area contributed by atoms with E-state index in [0.29, 0.717) is 30.1 Å². The minimum absolute atomic E-state index is 0.0133. The Morgan fingerprint density at radius 2 is 1.81 bits per heavy atom. The molecule has 10 heteroatoms. The molecule has 0 unspecified atom stereocenters. The summed E-state index contributed by atoms with van der Waals surface area (Å²) >= 11 is 0. The summed E-state index contributed by atoms with van der Waals surface area (Å²) in [6.07, 6.45) is 12.1. The average Bonchev–Trinajstić information content (AvgIpc) is 3.73. The third kappa shape index (κ3) is 5.34. The molecule has 220 valence electrons.